The van der Waals surface area contributed by atoms with Crippen LogP contribution in [0.4, 0.5) is 23.1 Å². The Labute approximate surface area is 175 Å². The molecule has 0 bridgehead atoms. The van der Waals surface area contributed by atoms with Crippen molar-refractivity contribution in [1.82, 2.24) is 9.97 Å². The minimum Gasteiger partial charge on any atom is -0.354 e. The summed E-state index contributed by atoms with van der Waals surface area (Å²) in [4.78, 5) is 20.2. The van der Waals surface area contributed by atoms with E-state index in [4.69, 9.17) is 0 Å². The number of anilines is 4. The zero-order valence-electron chi connectivity index (χ0n) is 16.9. The Morgan fingerprint density at radius 3 is 2.37 bits per heavy atom. The summed E-state index contributed by atoms with van der Waals surface area (Å²) in [6.07, 6.45) is 0. The Hall–Kier alpha value is -3.46. The lowest BCUT2D eigenvalue weighted by molar-refractivity contribution is 0.101. The molecule has 1 aromatic heterocycles. The van der Waals surface area contributed by atoms with Crippen molar-refractivity contribution in [3.63, 3.8) is 0 Å². The maximum Gasteiger partial charge on any atom is 0.261 e. The lowest BCUT2D eigenvalue weighted by atomic mass is 10.2. The summed E-state index contributed by atoms with van der Waals surface area (Å²) in [5.74, 6) is 0.977. The van der Waals surface area contributed by atoms with Crippen molar-refractivity contribution in [2.45, 2.75) is 25.7 Å². The van der Waals surface area contributed by atoms with Crippen molar-refractivity contribution in [3.05, 3.63) is 65.9 Å². The Bertz CT molecular complexity index is 1160. The number of nitrogens with zero attached hydrogens (tertiary/aromatic N) is 2. The number of nitrogens with one attached hydrogen (secondary N) is 3. The average Bonchev–Trinajstić information content (AvgIpc) is 2.69. The molecule has 0 aliphatic carbocycles. The Morgan fingerprint density at radius 1 is 1.00 bits per heavy atom. The number of Topliss-reactive ketones (excluding diaryl/α,β-unsaturated/α-hetero) is 1. The number of rotatable bonds is 8. The van der Waals surface area contributed by atoms with Crippen LogP contribution in [0.1, 0.15) is 29.9 Å². The van der Waals surface area contributed by atoms with E-state index in [0.29, 0.717) is 29.6 Å². The smallest absolute Gasteiger partial charge is 0.261 e. The molecule has 8 nitrogen and oxygen atoms in total. The molecule has 0 saturated heterocycles. The zero-order chi connectivity index (χ0) is 21.7. The number of benzene rings is 2. The first-order chi connectivity index (χ1) is 14.3. The van der Waals surface area contributed by atoms with Gasteiger partial charge in [0, 0.05) is 35.2 Å². The van der Waals surface area contributed by atoms with Crippen LogP contribution in [0.25, 0.3) is 0 Å². The lowest BCUT2D eigenvalue weighted by Gasteiger charge is -2.11. The van der Waals surface area contributed by atoms with Gasteiger partial charge in [-0.3, -0.25) is 9.52 Å². The van der Waals surface area contributed by atoms with Crippen LogP contribution in [0.2, 0.25) is 0 Å². The number of aryl methyl sites for hydroxylation is 1. The Kier molecular flexibility index (Phi) is 6.31. The molecular formula is C21H23N5O3S. The zero-order valence-corrected chi connectivity index (χ0v) is 17.7. The second-order valence-electron chi connectivity index (χ2n) is 6.64. The van der Waals surface area contributed by atoms with Crippen LogP contribution in [0.3, 0.4) is 0 Å². The van der Waals surface area contributed by atoms with Crippen LogP contribution in [0, 0.1) is 6.92 Å². The van der Waals surface area contributed by atoms with Crippen molar-refractivity contribution in [2.24, 2.45) is 0 Å². The molecule has 0 aliphatic rings. The van der Waals surface area contributed by atoms with Gasteiger partial charge < -0.3 is 10.6 Å². The number of carbonyl (C=O) groups is 1. The van der Waals surface area contributed by atoms with E-state index >= 15 is 0 Å². The third-order valence-corrected chi connectivity index (χ3v) is 5.53. The maximum atomic E-state index is 12.6. The number of aromatic nitrogens is 2. The molecular weight excluding hydrogens is 402 g/mol. The fourth-order valence-electron chi connectivity index (χ4n) is 2.74. The summed E-state index contributed by atoms with van der Waals surface area (Å²) in [6.45, 7) is 5.96. The monoisotopic (exact) mass is 425 g/mol. The second-order valence-corrected chi connectivity index (χ2v) is 8.32. The van der Waals surface area contributed by atoms with E-state index in [1.807, 2.05) is 19.9 Å². The molecule has 0 aliphatic heterocycles. The standard InChI is InChI=1S/C21H23N5O3S/c1-4-22-21-23-14(2)12-20(25-21)24-17-8-10-18(11-9-17)26-30(28,29)19-7-5-6-16(13-19)15(3)27/h5-13,26H,4H2,1-3H3,(H2,22,23,24,25). The Morgan fingerprint density at radius 2 is 1.70 bits per heavy atom. The molecule has 3 N–H and O–H groups in total. The van der Waals surface area contributed by atoms with Crippen LogP contribution < -0.4 is 15.4 Å². The van der Waals surface area contributed by atoms with Gasteiger partial charge in [0.2, 0.25) is 5.95 Å². The van der Waals surface area contributed by atoms with Crippen molar-refractivity contribution in [1.29, 1.82) is 0 Å². The van der Waals surface area contributed by atoms with Gasteiger partial charge in [-0.15, -0.1) is 0 Å². The predicted molar refractivity (Wildman–Crippen MR) is 118 cm³/mol. The number of hydrogen-bond donors (Lipinski definition) is 3. The van der Waals surface area contributed by atoms with E-state index in [1.54, 1.807) is 36.4 Å². The van der Waals surface area contributed by atoms with E-state index in [1.165, 1.54) is 19.1 Å². The molecule has 3 aromatic rings. The van der Waals surface area contributed by atoms with E-state index in [2.05, 4.69) is 25.3 Å². The lowest BCUT2D eigenvalue weighted by Crippen LogP contribution is -2.13. The topological polar surface area (TPSA) is 113 Å². The quantitative estimate of drug-likeness (QED) is 0.468. The second kappa shape index (κ2) is 8.91. The van der Waals surface area contributed by atoms with E-state index in [0.717, 1.165) is 11.4 Å². The molecule has 9 heteroatoms. The van der Waals surface area contributed by atoms with Crippen molar-refractivity contribution >= 4 is 38.9 Å². The molecule has 156 valence electrons. The van der Waals surface area contributed by atoms with Gasteiger partial charge in [0.25, 0.3) is 10.0 Å². The number of ketones is 1. The summed E-state index contributed by atoms with van der Waals surface area (Å²) in [6, 6.07) is 14.5. The molecule has 1 heterocycles. The summed E-state index contributed by atoms with van der Waals surface area (Å²) < 4.78 is 27.8. The van der Waals surface area contributed by atoms with Gasteiger partial charge in [0.1, 0.15) is 5.82 Å². The fraction of sp³-hybridized carbons (Fsp3) is 0.190. The van der Waals surface area contributed by atoms with Gasteiger partial charge >= 0.3 is 0 Å². The maximum absolute atomic E-state index is 12.6. The molecule has 0 saturated carbocycles. The van der Waals surface area contributed by atoms with Crippen LogP contribution >= 0.6 is 0 Å². The normalized spacial score (nSPS) is 11.0. The van der Waals surface area contributed by atoms with Crippen molar-refractivity contribution in [2.75, 3.05) is 21.9 Å². The van der Waals surface area contributed by atoms with Gasteiger partial charge in [-0.1, -0.05) is 12.1 Å². The van der Waals surface area contributed by atoms with Gasteiger partial charge in [0.05, 0.1) is 4.90 Å². The molecule has 0 unspecified atom stereocenters. The third-order valence-electron chi connectivity index (χ3n) is 4.15. The van der Waals surface area contributed by atoms with E-state index in [-0.39, 0.29) is 10.7 Å². The number of carbonyl (C=O) groups excluding carboxylic acids is 1. The van der Waals surface area contributed by atoms with E-state index < -0.39 is 10.0 Å². The highest BCUT2D eigenvalue weighted by Gasteiger charge is 2.15. The highest BCUT2D eigenvalue weighted by atomic mass is 32.2. The van der Waals surface area contributed by atoms with E-state index in [9.17, 15) is 13.2 Å². The first kappa shape index (κ1) is 21.3. The molecule has 3 rings (SSSR count). The SMILES string of the molecule is CCNc1nc(C)cc(Nc2ccc(NS(=O)(=O)c3cccc(C(C)=O)c3)cc2)n1. The van der Waals surface area contributed by atoms with Gasteiger partial charge in [-0.25, -0.2) is 13.4 Å². The molecule has 0 radical (unpaired) electrons. The van der Waals surface area contributed by atoms with Gasteiger partial charge in [0.15, 0.2) is 5.78 Å². The summed E-state index contributed by atoms with van der Waals surface area (Å²) >= 11 is 0. The van der Waals surface area contributed by atoms with Crippen molar-refractivity contribution in [3.8, 4) is 0 Å². The predicted octanol–water partition coefficient (Wildman–Crippen LogP) is 3.96. The van der Waals surface area contributed by atoms with Crippen molar-refractivity contribution < 1.29 is 13.2 Å². The van der Waals surface area contributed by atoms with Crippen LogP contribution in [0.15, 0.2) is 59.5 Å². The number of hydrogen-bond acceptors (Lipinski definition) is 7. The van der Waals surface area contributed by atoms with Crippen LogP contribution in [-0.2, 0) is 10.0 Å². The molecule has 0 spiro atoms. The summed E-state index contributed by atoms with van der Waals surface area (Å²) in [7, 11) is -3.81. The molecule has 0 fully saturated rings. The van der Waals surface area contributed by atoms with Gasteiger partial charge in [-0.2, -0.15) is 4.98 Å². The molecule has 0 amide bonds. The first-order valence-electron chi connectivity index (χ1n) is 9.37. The highest BCUT2D eigenvalue weighted by molar-refractivity contribution is 7.92. The minimum absolute atomic E-state index is 0.0322. The van der Waals surface area contributed by atoms with Crippen LogP contribution in [-0.4, -0.2) is 30.7 Å². The first-order valence-corrected chi connectivity index (χ1v) is 10.9. The average molecular weight is 426 g/mol. The largest absolute Gasteiger partial charge is 0.354 e. The molecule has 2 aromatic carbocycles. The minimum atomic E-state index is -3.81. The summed E-state index contributed by atoms with van der Waals surface area (Å²) in [5, 5.41) is 6.26. The molecule has 30 heavy (non-hydrogen) atoms. The van der Waals surface area contributed by atoms with Crippen LogP contribution in [0.5, 0.6) is 0 Å². The molecule has 0 atom stereocenters. The number of sulfonamides is 1. The fourth-order valence-corrected chi connectivity index (χ4v) is 3.84. The highest BCUT2D eigenvalue weighted by Crippen LogP contribution is 2.22. The Balaban J connectivity index is 1.74. The summed E-state index contributed by atoms with van der Waals surface area (Å²) in [5.41, 5.74) is 2.31. The third kappa shape index (κ3) is 5.32. The van der Waals surface area contributed by atoms with Gasteiger partial charge in [-0.05, 0) is 57.2 Å².